The van der Waals surface area contributed by atoms with Crippen molar-refractivity contribution in [2.75, 3.05) is 23.1 Å². The van der Waals surface area contributed by atoms with Crippen molar-refractivity contribution in [3.63, 3.8) is 0 Å². The fourth-order valence-corrected chi connectivity index (χ4v) is 8.01. The minimum Gasteiger partial charge on any atom is -0.492 e. The van der Waals surface area contributed by atoms with Gasteiger partial charge in [-0.2, -0.15) is 30.4 Å². The molecule has 1 aliphatic rings. The molecule has 1 amide bonds. The Hall–Kier alpha value is -5.78. The van der Waals surface area contributed by atoms with Gasteiger partial charge in [0.25, 0.3) is 36.3 Å². The molecule has 0 radical (unpaired) electrons. The number of rotatable bonds is 11. The number of carbonyl (C=O) groups is 2. The van der Waals surface area contributed by atoms with E-state index in [9.17, 15) is 48.5 Å². The van der Waals surface area contributed by atoms with Crippen LogP contribution < -0.4 is 21.2 Å². The molecule has 0 aromatic heterocycles. The maximum absolute atomic E-state index is 13.8. The van der Waals surface area contributed by atoms with Crippen molar-refractivity contribution in [1.82, 2.24) is 0 Å². The van der Waals surface area contributed by atoms with Crippen LogP contribution in [-0.4, -0.2) is 62.9 Å². The molecule has 5 aromatic carbocycles. The number of nitrogens with one attached hydrogen (secondary N) is 2. The summed E-state index contributed by atoms with van der Waals surface area (Å²) < 4.78 is 108. The summed E-state index contributed by atoms with van der Waals surface area (Å²) in [5.74, 6) is -1.53. The molecule has 5 aromatic rings. The van der Waals surface area contributed by atoms with Crippen LogP contribution in [0.25, 0.3) is 16.8 Å². The fourth-order valence-electron chi connectivity index (χ4n) is 5.56. The van der Waals surface area contributed by atoms with E-state index in [1.165, 1.54) is 54.6 Å². The Labute approximate surface area is 339 Å². The van der Waals surface area contributed by atoms with Crippen molar-refractivity contribution >= 4 is 116 Å². The third-order valence-corrected chi connectivity index (χ3v) is 11.6. The van der Waals surface area contributed by atoms with Crippen LogP contribution in [0.1, 0.15) is 33.2 Å². The molecule has 6 rings (SSSR count). The first-order valence-corrected chi connectivity index (χ1v) is 21.2. The number of azo groups is 1. The smallest absolute Gasteiger partial charge is 0.296 e. The molecule has 7 N–H and O–H groups in total. The minimum atomic E-state index is -5.13. The van der Waals surface area contributed by atoms with Crippen LogP contribution in [-0.2, 0) is 30.4 Å². The normalized spacial score (nSPS) is 14.1. The number of nitrogen functional groups attached to an aromatic ring is 1. The summed E-state index contributed by atoms with van der Waals surface area (Å²) in [6.45, 7) is 1.61. The van der Waals surface area contributed by atoms with E-state index in [1.54, 1.807) is 6.92 Å². The first-order chi connectivity index (χ1) is 27.1. The number of benzene rings is 5. The third kappa shape index (κ3) is 8.85. The van der Waals surface area contributed by atoms with Gasteiger partial charge in [0.1, 0.15) is 26.9 Å². The molecule has 0 bridgehead atoms. The van der Waals surface area contributed by atoms with Crippen LogP contribution in [0.15, 0.2) is 109 Å². The van der Waals surface area contributed by atoms with Gasteiger partial charge < -0.3 is 15.8 Å². The fraction of sp³-hybridized carbons (Fsp3) is 0.0571. The quantitative estimate of drug-likeness (QED) is 0.0331. The molecular formula is C35H26Cl2N6O12S3. The number of nitrogens with two attached hydrogens (primary N) is 1. The van der Waals surface area contributed by atoms with Gasteiger partial charge in [0, 0.05) is 39.3 Å². The van der Waals surface area contributed by atoms with Crippen LogP contribution in [0.4, 0.5) is 28.4 Å². The molecule has 0 fully saturated rings. The number of hydrogen-bond acceptors (Lipinski definition) is 14. The maximum atomic E-state index is 13.8. The van der Waals surface area contributed by atoms with Crippen molar-refractivity contribution in [2.45, 2.75) is 16.7 Å². The van der Waals surface area contributed by atoms with E-state index in [4.69, 9.17) is 33.7 Å². The Morgan fingerprint density at radius 3 is 2.12 bits per heavy atom. The number of carbonyl (C=O) groups excluding carboxylic acids is 2. The second-order valence-electron chi connectivity index (χ2n) is 12.1. The van der Waals surface area contributed by atoms with Crippen molar-refractivity contribution < 1.29 is 53.2 Å². The van der Waals surface area contributed by atoms with E-state index in [0.717, 1.165) is 30.3 Å². The molecule has 0 unspecified atom stereocenters. The molecule has 0 aliphatic heterocycles. The van der Waals surface area contributed by atoms with Crippen LogP contribution >= 0.6 is 23.2 Å². The molecular weight excluding hydrogens is 864 g/mol. The number of fused-ring (bicyclic) bond motifs is 2. The molecule has 0 heterocycles. The molecule has 1 aliphatic carbocycles. The van der Waals surface area contributed by atoms with Gasteiger partial charge in [-0.05, 0) is 85.3 Å². The molecule has 0 saturated carbocycles. The summed E-state index contributed by atoms with van der Waals surface area (Å²) in [5.41, 5.74) is 8.01. The van der Waals surface area contributed by atoms with Gasteiger partial charge in [0.05, 0.1) is 27.2 Å². The number of amides is 1. The lowest BCUT2D eigenvalue weighted by Gasteiger charge is -2.19. The molecule has 58 heavy (non-hydrogen) atoms. The number of hydrogen-bond donors (Lipinski definition) is 6. The highest BCUT2D eigenvalue weighted by atomic mass is 35.5. The number of allylic oxidation sites excluding steroid dienone is 1. The van der Waals surface area contributed by atoms with Crippen molar-refractivity contribution in [3.8, 4) is 5.75 Å². The second-order valence-corrected chi connectivity index (χ2v) is 17.1. The van der Waals surface area contributed by atoms with Gasteiger partial charge in [-0.3, -0.25) is 28.7 Å². The topological polar surface area (TPSA) is 294 Å². The Balaban J connectivity index is 1.44. The zero-order chi connectivity index (χ0) is 42.3. The highest BCUT2D eigenvalue weighted by Gasteiger charge is 2.33. The van der Waals surface area contributed by atoms with E-state index in [1.807, 2.05) is 0 Å². The van der Waals surface area contributed by atoms with E-state index in [0.29, 0.717) is 5.69 Å². The summed E-state index contributed by atoms with van der Waals surface area (Å²) in [5, 5.41) is 14.1. The lowest BCUT2D eigenvalue weighted by molar-refractivity contribution is 0.102. The summed E-state index contributed by atoms with van der Waals surface area (Å²) >= 11 is 12.2. The first-order valence-electron chi connectivity index (χ1n) is 16.1. The van der Waals surface area contributed by atoms with E-state index >= 15 is 0 Å². The molecule has 0 spiro atoms. The largest absolute Gasteiger partial charge is 0.492 e. The number of anilines is 3. The molecule has 0 saturated heterocycles. The summed E-state index contributed by atoms with van der Waals surface area (Å²) in [4.78, 5) is 24.4. The molecule has 0 atom stereocenters. The predicted molar refractivity (Wildman–Crippen MR) is 216 cm³/mol. The monoisotopic (exact) mass is 888 g/mol. The van der Waals surface area contributed by atoms with E-state index < -0.39 is 67.5 Å². The van der Waals surface area contributed by atoms with Crippen molar-refractivity contribution in [2.24, 2.45) is 15.3 Å². The highest BCUT2D eigenvalue weighted by Crippen LogP contribution is 2.43. The number of ether oxygens (including phenoxy) is 1. The molecule has 300 valence electrons. The van der Waals surface area contributed by atoms with Crippen LogP contribution in [0.3, 0.4) is 0 Å². The van der Waals surface area contributed by atoms with Gasteiger partial charge in [-0.25, -0.2) is 0 Å². The summed E-state index contributed by atoms with van der Waals surface area (Å²) in [7, 11) is -14.7. The van der Waals surface area contributed by atoms with Gasteiger partial charge in [0.2, 0.25) is 5.78 Å². The minimum absolute atomic E-state index is 0.00859. The number of Topliss-reactive ketones (excluding diaryl/α,β-unsaturated/α-hetero) is 1. The number of nitrogens with zero attached hydrogens (tertiary/aromatic N) is 3. The van der Waals surface area contributed by atoms with Gasteiger partial charge in [-0.1, -0.05) is 29.3 Å². The Bertz CT molecular complexity index is 3010. The maximum Gasteiger partial charge on any atom is 0.296 e. The van der Waals surface area contributed by atoms with Crippen molar-refractivity contribution in [3.05, 3.63) is 111 Å². The zero-order valence-electron chi connectivity index (χ0n) is 29.2. The lowest BCUT2D eigenvalue weighted by atomic mass is 9.94. The number of hydrazone groups is 1. The van der Waals surface area contributed by atoms with Crippen LogP contribution in [0.5, 0.6) is 5.75 Å². The predicted octanol–water partition coefficient (Wildman–Crippen LogP) is 7.18. The molecule has 23 heteroatoms. The third-order valence-electron chi connectivity index (χ3n) is 8.21. The lowest BCUT2D eigenvalue weighted by Crippen LogP contribution is -2.27. The second kappa shape index (κ2) is 15.9. The number of ketones is 1. The first kappa shape index (κ1) is 41.8. The highest BCUT2D eigenvalue weighted by molar-refractivity contribution is 7.91. The summed E-state index contributed by atoms with van der Waals surface area (Å²) in [6, 6.07) is 16.4. The van der Waals surface area contributed by atoms with Crippen molar-refractivity contribution in [1.29, 1.82) is 0 Å². The van der Waals surface area contributed by atoms with E-state index in [2.05, 4.69) is 26.1 Å². The SMILES string of the molecule is CCOc1cc(N=Nc2cc(Cl)c(S(=O)(=O)O)cc2Cl)c2cc(S(=O)(=O)O)ccc2c1NN=C1C(=O)c2ccc(NC(=O)c3ccc(N)cc3)cc2C=C1S(=O)(=O)O. The summed E-state index contributed by atoms with van der Waals surface area (Å²) in [6.07, 6.45) is 0.981. The Kier molecular flexibility index (Phi) is 11.4. The Morgan fingerprint density at radius 2 is 1.48 bits per heavy atom. The Morgan fingerprint density at radius 1 is 0.793 bits per heavy atom. The van der Waals surface area contributed by atoms with Crippen LogP contribution in [0.2, 0.25) is 10.0 Å². The number of halogens is 2. The average molecular weight is 890 g/mol. The zero-order valence-corrected chi connectivity index (χ0v) is 33.2. The average Bonchev–Trinajstić information content (AvgIpc) is 3.14. The van der Waals surface area contributed by atoms with Crippen LogP contribution in [0, 0.1) is 0 Å². The standard InChI is InChI=1S/C35H26Cl2N6O12S3/c1-2-55-29-16-27(40-41-28-14-26(37)30(15-25(28)36)57(49,50)51)24-13-21(56(46,47)48)8-10-23(24)32(29)42-43-33-31(58(52,53)54)12-18-11-20(7-9-22(18)34(33)44)39-35(45)17-3-5-19(38)6-4-17/h3-16,42H,2,38H2,1H3,(H,39,45)(H,46,47,48)(H,49,50,51)(H,52,53,54). The molecule has 18 nitrogen and oxygen atoms in total. The van der Waals surface area contributed by atoms with Gasteiger partial charge in [0.15, 0.2) is 5.71 Å². The van der Waals surface area contributed by atoms with Gasteiger partial charge >= 0.3 is 0 Å². The van der Waals surface area contributed by atoms with E-state index in [-0.39, 0.29) is 67.6 Å². The van der Waals surface area contributed by atoms with Gasteiger partial charge in [-0.15, -0.1) is 10.2 Å².